The smallest absolute Gasteiger partial charge is 0.312 e. The number of rotatable bonds is 14. The fourth-order valence-corrected chi connectivity index (χ4v) is 9.32. The van der Waals surface area contributed by atoms with Crippen LogP contribution in [-0.2, 0) is 46.2 Å². The van der Waals surface area contributed by atoms with E-state index in [0.29, 0.717) is 41.4 Å². The van der Waals surface area contributed by atoms with Crippen LogP contribution in [0, 0.1) is 23.7 Å². The Hall–Kier alpha value is -4.03. The number of likely N-dealkylation sites (N-methyl/N-ethyl adjacent to an activating group) is 1. The lowest BCUT2D eigenvalue weighted by molar-refractivity contribution is -0.299. The second-order valence-corrected chi connectivity index (χ2v) is 18.3. The van der Waals surface area contributed by atoms with Gasteiger partial charge in [-0.05, 0) is 84.3 Å². The topological polar surface area (TPSA) is 204 Å². The van der Waals surface area contributed by atoms with Crippen LogP contribution in [0.2, 0.25) is 0 Å². The Morgan fingerprint density at radius 3 is 2.11 bits per heavy atom. The molecule has 4 N–H and O–H groups in total. The Morgan fingerprint density at radius 2 is 1.55 bits per heavy atom. The Bertz CT molecular complexity index is 1810. The molecule has 0 radical (unpaired) electrons. The minimum atomic E-state index is -2.00. The van der Waals surface area contributed by atoms with Crippen molar-refractivity contribution in [1.82, 2.24) is 4.90 Å². The Morgan fingerprint density at radius 1 is 0.922 bits per heavy atom. The van der Waals surface area contributed by atoms with E-state index >= 15 is 0 Å². The molecule has 2 aromatic rings. The molecule has 4 rings (SSSR count). The summed E-state index contributed by atoms with van der Waals surface area (Å²) >= 11 is 0. The van der Waals surface area contributed by atoms with Crippen LogP contribution in [0.5, 0.6) is 17.2 Å². The van der Waals surface area contributed by atoms with E-state index in [-0.39, 0.29) is 38.0 Å². The molecular formula is C48H74N2O14. The number of carbonyl (C=O) groups excluding carboxylic acids is 2. The Labute approximate surface area is 379 Å². The van der Waals surface area contributed by atoms with Gasteiger partial charge in [-0.25, -0.2) is 0 Å². The van der Waals surface area contributed by atoms with Crippen LogP contribution in [-0.4, -0.2) is 145 Å². The van der Waals surface area contributed by atoms with Crippen LogP contribution in [0.1, 0.15) is 85.8 Å². The predicted molar refractivity (Wildman–Crippen MR) is 239 cm³/mol. The molecule has 2 aromatic carbocycles. The molecule has 16 nitrogen and oxygen atoms in total. The van der Waals surface area contributed by atoms with Gasteiger partial charge >= 0.3 is 11.9 Å². The predicted octanol–water partition coefficient (Wildman–Crippen LogP) is 4.73. The molecule has 2 aliphatic heterocycles. The number of benzene rings is 2. The fourth-order valence-electron chi connectivity index (χ4n) is 9.32. The van der Waals surface area contributed by atoms with Crippen molar-refractivity contribution in [1.29, 1.82) is 0 Å². The number of oxime groups is 1. The van der Waals surface area contributed by atoms with Crippen molar-refractivity contribution < 1.29 is 68.0 Å². The molecular weight excluding hydrogens is 829 g/mol. The summed E-state index contributed by atoms with van der Waals surface area (Å²) in [7, 11) is 8.08. The van der Waals surface area contributed by atoms with Crippen molar-refractivity contribution in [3.05, 3.63) is 53.6 Å². The molecule has 0 amide bonds. The summed E-state index contributed by atoms with van der Waals surface area (Å²) in [6, 6.07) is 12.6. The van der Waals surface area contributed by atoms with Crippen molar-refractivity contribution in [2.75, 3.05) is 42.0 Å². The van der Waals surface area contributed by atoms with E-state index in [9.17, 15) is 30.0 Å². The van der Waals surface area contributed by atoms with Gasteiger partial charge in [-0.3, -0.25) is 9.59 Å². The van der Waals surface area contributed by atoms with Crippen molar-refractivity contribution in [2.45, 2.75) is 148 Å². The maximum atomic E-state index is 14.4. The first-order valence-electron chi connectivity index (χ1n) is 22.3. The average molecular weight is 903 g/mol. The number of esters is 2. The highest BCUT2D eigenvalue weighted by Gasteiger charge is 2.52. The van der Waals surface area contributed by atoms with Gasteiger partial charge in [0.05, 0.1) is 63.3 Å². The SMILES string of the molecule is CC[C@@H]1OC(=O)[C@H](C)[C@@H](OC(=O)Cc2cc(OC)c(OC)c(OC)c2)[C@H](C)[C@@H](O[C@@H]2O[C@H](C)C[C@H](N(C)C)[C@H]2O)[C@@](C)(O)C[C@H](C)/C(=N\OCCc2ccccc2)[C@@H](C)[C@@H](O)[C@]1(C)O. The maximum Gasteiger partial charge on any atom is 0.312 e. The molecule has 64 heavy (non-hydrogen) atoms. The van der Waals surface area contributed by atoms with Crippen molar-refractivity contribution >= 4 is 17.7 Å². The van der Waals surface area contributed by atoms with Crippen LogP contribution in [0.15, 0.2) is 47.6 Å². The first-order chi connectivity index (χ1) is 30.1. The number of methoxy groups -OCH3 is 3. The zero-order valence-electron chi connectivity index (χ0n) is 40.0. The molecule has 0 bridgehead atoms. The highest BCUT2D eigenvalue weighted by molar-refractivity contribution is 5.89. The van der Waals surface area contributed by atoms with Crippen LogP contribution >= 0.6 is 0 Å². The van der Waals surface area contributed by atoms with E-state index in [1.807, 2.05) is 63.2 Å². The molecule has 16 heteroatoms. The van der Waals surface area contributed by atoms with Crippen LogP contribution < -0.4 is 14.2 Å². The summed E-state index contributed by atoms with van der Waals surface area (Å²) in [6.07, 6.45) is -7.22. The summed E-state index contributed by atoms with van der Waals surface area (Å²) in [5, 5.41) is 53.1. The summed E-state index contributed by atoms with van der Waals surface area (Å²) in [6.45, 7) is 13.5. The fraction of sp³-hybridized carbons (Fsp3) is 0.688. The molecule has 0 saturated carbocycles. The van der Waals surface area contributed by atoms with E-state index in [0.717, 1.165) is 5.56 Å². The molecule has 2 saturated heterocycles. The maximum absolute atomic E-state index is 14.4. The zero-order valence-corrected chi connectivity index (χ0v) is 40.0. The lowest BCUT2D eigenvalue weighted by Gasteiger charge is -2.47. The summed E-state index contributed by atoms with van der Waals surface area (Å²) < 4.78 is 41.7. The van der Waals surface area contributed by atoms with E-state index in [4.69, 9.17) is 38.0 Å². The highest BCUT2D eigenvalue weighted by atomic mass is 16.7. The number of hydrogen-bond acceptors (Lipinski definition) is 16. The molecule has 2 heterocycles. The molecule has 2 fully saturated rings. The molecule has 0 unspecified atom stereocenters. The number of nitrogens with zero attached hydrogens (tertiary/aromatic N) is 2. The van der Waals surface area contributed by atoms with Gasteiger partial charge in [-0.15, -0.1) is 0 Å². The lowest BCUT2D eigenvalue weighted by atomic mass is 9.73. The quantitative estimate of drug-likeness (QED) is 0.115. The van der Waals surface area contributed by atoms with Gasteiger partial charge < -0.3 is 63.3 Å². The number of aliphatic hydroxyl groups is 4. The van der Waals surface area contributed by atoms with Crippen molar-refractivity contribution in [3.8, 4) is 17.2 Å². The third-order valence-corrected chi connectivity index (χ3v) is 12.9. The largest absolute Gasteiger partial charge is 0.493 e. The third kappa shape index (κ3) is 12.6. The van der Waals surface area contributed by atoms with Crippen molar-refractivity contribution in [2.24, 2.45) is 28.8 Å². The van der Waals surface area contributed by atoms with Gasteiger partial charge in [-0.2, -0.15) is 0 Å². The summed E-state index contributed by atoms with van der Waals surface area (Å²) in [4.78, 5) is 36.3. The number of carbonyl (C=O) groups is 2. The zero-order chi connectivity index (χ0) is 47.7. The van der Waals surface area contributed by atoms with Crippen LogP contribution in [0.4, 0.5) is 0 Å². The van der Waals surface area contributed by atoms with E-state index < -0.39 is 83.6 Å². The molecule has 2 aliphatic rings. The number of hydrogen-bond donors (Lipinski definition) is 4. The molecule has 0 aromatic heterocycles. The standard InChI is InChI=1S/C48H74N2O14/c1-14-37-48(8,56)43(53)29(4)39(49-60-21-20-32-18-16-15-17-19-32)27(2)26-47(7,55)44(64-46-40(52)34(50(9)10)22-28(3)61-46)30(5)41(31(6)45(54)62-37)63-38(51)25-33-23-35(57-11)42(59-13)36(24-33)58-12/h15-19,23-24,27-31,34,37,40-41,43-44,46,52-53,55-56H,14,20-22,25-26H2,1-13H3/b49-39+/t27-,28+,29+,30-,31+,34-,37-,40+,41-,43+,44+,46-,47-,48+/m0/s1. The van der Waals surface area contributed by atoms with Gasteiger partial charge in [0.2, 0.25) is 5.75 Å². The van der Waals surface area contributed by atoms with Gasteiger partial charge in [0.1, 0.15) is 30.5 Å². The first-order valence-corrected chi connectivity index (χ1v) is 22.3. The molecule has 360 valence electrons. The summed E-state index contributed by atoms with van der Waals surface area (Å²) in [5.41, 5.74) is -1.99. The third-order valence-electron chi connectivity index (χ3n) is 12.9. The van der Waals surface area contributed by atoms with E-state index in [2.05, 4.69) is 5.16 Å². The van der Waals surface area contributed by atoms with E-state index in [1.54, 1.807) is 39.8 Å². The van der Waals surface area contributed by atoms with Gasteiger partial charge in [-0.1, -0.05) is 63.2 Å². The first kappa shape index (κ1) is 52.6. The van der Waals surface area contributed by atoms with Crippen LogP contribution in [0.25, 0.3) is 0 Å². The highest BCUT2D eigenvalue weighted by Crippen LogP contribution is 2.41. The summed E-state index contributed by atoms with van der Waals surface area (Å²) in [5.74, 6) is -4.27. The van der Waals surface area contributed by atoms with Crippen LogP contribution in [0.3, 0.4) is 0 Å². The molecule has 0 aliphatic carbocycles. The number of cyclic esters (lactones) is 1. The van der Waals surface area contributed by atoms with Gasteiger partial charge in [0.25, 0.3) is 0 Å². The normalized spacial score (nSPS) is 35.0. The molecule has 0 spiro atoms. The van der Waals surface area contributed by atoms with E-state index in [1.165, 1.54) is 35.2 Å². The number of aliphatic hydroxyl groups excluding tert-OH is 2. The second kappa shape index (κ2) is 22.9. The Kier molecular flexibility index (Phi) is 18.8. The lowest BCUT2D eigenvalue weighted by Crippen LogP contribution is -2.60. The van der Waals surface area contributed by atoms with Gasteiger partial charge in [0, 0.05) is 30.2 Å². The van der Waals surface area contributed by atoms with Gasteiger partial charge in [0.15, 0.2) is 17.8 Å². The second-order valence-electron chi connectivity index (χ2n) is 18.3. The monoisotopic (exact) mass is 903 g/mol. The Balaban J connectivity index is 1.84. The minimum Gasteiger partial charge on any atom is -0.493 e. The number of ether oxygens (including phenoxy) is 7. The molecule has 14 atom stereocenters. The van der Waals surface area contributed by atoms with Crippen molar-refractivity contribution in [3.63, 3.8) is 0 Å². The minimum absolute atomic E-state index is 0.0558. The average Bonchev–Trinajstić information content (AvgIpc) is 3.25.